The zero-order valence-corrected chi connectivity index (χ0v) is 20.5. The third-order valence-corrected chi connectivity index (χ3v) is 7.34. The summed E-state index contributed by atoms with van der Waals surface area (Å²) in [5, 5.41) is 3.36. The minimum absolute atomic E-state index is 0.0567. The average Bonchev–Trinajstić information content (AvgIpc) is 2.79. The lowest BCUT2D eigenvalue weighted by atomic mass is 9.80. The van der Waals surface area contributed by atoms with Crippen LogP contribution in [0.2, 0.25) is 0 Å². The minimum atomic E-state index is -0.365. The van der Waals surface area contributed by atoms with Gasteiger partial charge in [0.1, 0.15) is 11.4 Å². The number of nitrogens with zero attached hydrogens (tertiary/aromatic N) is 2. The van der Waals surface area contributed by atoms with E-state index in [2.05, 4.69) is 37.9 Å². The molecule has 1 aromatic rings. The van der Waals surface area contributed by atoms with E-state index < -0.39 is 0 Å². The van der Waals surface area contributed by atoms with E-state index in [4.69, 9.17) is 9.72 Å². The number of ether oxygens (including phenoxy) is 1. The Hall–Kier alpha value is -2.11. The fraction of sp³-hybridized carbons (Fsp3) is 0.731. The molecule has 2 fully saturated rings. The monoisotopic (exact) mass is 443 g/mol. The van der Waals surface area contributed by atoms with Crippen LogP contribution >= 0.6 is 0 Å². The number of rotatable bonds is 7. The smallest absolute Gasteiger partial charge is 0.341 e. The van der Waals surface area contributed by atoms with Gasteiger partial charge in [-0.25, -0.2) is 9.78 Å². The molecule has 1 aliphatic carbocycles. The number of nitrogens with one attached hydrogen (secondary N) is 1. The molecule has 1 amide bonds. The number of methoxy groups -OCH3 is 1. The van der Waals surface area contributed by atoms with Gasteiger partial charge in [-0.05, 0) is 68.4 Å². The van der Waals surface area contributed by atoms with E-state index in [-0.39, 0.29) is 23.8 Å². The van der Waals surface area contributed by atoms with Crippen LogP contribution in [0.4, 0.5) is 5.82 Å². The first kappa shape index (κ1) is 24.5. The van der Waals surface area contributed by atoms with Crippen LogP contribution in [0, 0.1) is 23.7 Å². The number of pyridine rings is 1. The number of aromatic nitrogens is 1. The molecule has 0 radical (unpaired) electrons. The molecule has 6 nitrogen and oxygen atoms in total. The van der Waals surface area contributed by atoms with Crippen molar-refractivity contribution in [2.24, 2.45) is 23.7 Å². The van der Waals surface area contributed by atoms with Gasteiger partial charge >= 0.3 is 5.97 Å². The highest BCUT2D eigenvalue weighted by atomic mass is 16.5. The Morgan fingerprint density at radius 1 is 1.19 bits per heavy atom. The number of carbonyl (C=O) groups is 2. The van der Waals surface area contributed by atoms with Gasteiger partial charge in [0.15, 0.2) is 0 Å². The van der Waals surface area contributed by atoms with Crippen LogP contribution in [-0.2, 0) is 16.0 Å². The summed E-state index contributed by atoms with van der Waals surface area (Å²) < 4.78 is 5.02. The van der Waals surface area contributed by atoms with E-state index in [9.17, 15) is 9.59 Å². The van der Waals surface area contributed by atoms with E-state index in [0.717, 1.165) is 56.7 Å². The Bertz CT molecular complexity index is 787. The molecule has 0 spiro atoms. The van der Waals surface area contributed by atoms with Crippen molar-refractivity contribution in [2.75, 3.05) is 25.1 Å². The van der Waals surface area contributed by atoms with Gasteiger partial charge in [0.05, 0.1) is 7.11 Å². The maximum absolute atomic E-state index is 13.0. The summed E-state index contributed by atoms with van der Waals surface area (Å²) in [5.74, 6) is 2.31. The number of hydrogen-bond donors (Lipinski definition) is 1. The largest absolute Gasteiger partial charge is 0.465 e. The van der Waals surface area contributed by atoms with E-state index >= 15 is 0 Å². The molecule has 1 N–H and O–H groups in total. The van der Waals surface area contributed by atoms with Crippen LogP contribution in [0.1, 0.15) is 82.3 Å². The second-order valence-corrected chi connectivity index (χ2v) is 10.2. The third-order valence-electron chi connectivity index (χ3n) is 7.34. The molecule has 3 rings (SSSR count). The normalized spacial score (nSPS) is 26.1. The van der Waals surface area contributed by atoms with Crippen LogP contribution in [0.3, 0.4) is 0 Å². The highest BCUT2D eigenvalue weighted by molar-refractivity contribution is 5.94. The second-order valence-electron chi connectivity index (χ2n) is 10.2. The van der Waals surface area contributed by atoms with E-state index in [1.165, 1.54) is 13.5 Å². The van der Waals surface area contributed by atoms with Crippen molar-refractivity contribution in [3.8, 4) is 0 Å². The molecule has 2 aliphatic rings. The van der Waals surface area contributed by atoms with Crippen molar-refractivity contribution >= 4 is 17.7 Å². The quantitative estimate of drug-likeness (QED) is 0.623. The third kappa shape index (κ3) is 6.02. The molecule has 1 aromatic heterocycles. The fourth-order valence-corrected chi connectivity index (χ4v) is 5.11. The van der Waals surface area contributed by atoms with Crippen LogP contribution < -0.4 is 10.2 Å². The summed E-state index contributed by atoms with van der Waals surface area (Å²) in [5.41, 5.74) is 1.48. The molecule has 1 saturated heterocycles. The zero-order valence-electron chi connectivity index (χ0n) is 20.5. The molecule has 1 aliphatic heterocycles. The molecule has 2 heterocycles. The number of piperidine rings is 1. The van der Waals surface area contributed by atoms with Gasteiger partial charge in [-0.2, -0.15) is 0 Å². The summed E-state index contributed by atoms with van der Waals surface area (Å²) in [6.45, 7) is 10.3. The second kappa shape index (κ2) is 11.2. The van der Waals surface area contributed by atoms with Crippen molar-refractivity contribution in [1.29, 1.82) is 0 Å². The van der Waals surface area contributed by atoms with Crippen molar-refractivity contribution in [3.05, 3.63) is 23.4 Å². The molecule has 178 valence electrons. The standard InChI is InChI=1S/C26H41N3O3/c1-6-19-7-9-20(10-8-19)25(30)28-23-16-29(14-13-18(23)4)24-22(26(31)32-5)12-11-21(27-24)15-17(2)3/h11-12,17-20,23H,6-10,13-16H2,1-5H3,(H,28,30). The SMILES string of the molecule is CCC1CCC(C(=O)NC2CN(c3nc(CC(C)C)ccc3C(=O)OC)CCC2C)CC1. The van der Waals surface area contributed by atoms with Crippen LogP contribution in [0.5, 0.6) is 0 Å². The highest BCUT2D eigenvalue weighted by Gasteiger charge is 2.33. The first-order chi connectivity index (χ1) is 15.3. The Balaban J connectivity index is 1.73. The van der Waals surface area contributed by atoms with Crippen molar-refractivity contribution < 1.29 is 14.3 Å². The number of hydrogen-bond acceptors (Lipinski definition) is 5. The van der Waals surface area contributed by atoms with Crippen molar-refractivity contribution in [1.82, 2.24) is 10.3 Å². The van der Waals surface area contributed by atoms with Crippen LogP contribution in [0.15, 0.2) is 12.1 Å². The number of carbonyl (C=O) groups excluding carboxylic acids is 2. The highest BCUT2D eigenvalue weighted by Crippen LogP contribution is 2.32. The van der Waals surface area contributed by atoms with Crippen molar-refractivity contribution in [3.63, 3.8) is 0 Å². The summed E-state index contributed by atoms with van der Waals surface area (Å²) in [6.07, 6.45) is 7.35. The van der Waals surface area contributed by atoms with Crippen LogP contribution in [0.25, 0.3) is 0 Å². The molecular weight excluding hydrogens is 402 g/mol. The van der Waals surface area contributed by atoms with Gasteiger partial charge in [-0.1, -0.05) is 34.1 Å². The number of esters is 1. The number of anilines is 1. The van der Waals surface area contributed by atoms with E-state index in [1.807, 2.05) is 12.1 Å². The lowest BCUT2D eigenvalue weighted by Gasteiger charge is -2.39. The van der Waals surface area contributed by atoms with Gasteiger partial charge < -0.3 is 15.0 Å². The summed E-state index contributed by atoms with van der Waals surface area (Å²) in [4.78, 5) is 32.5. The molecule has 0 aromatic carbocycles. The first-order valence-corrected chi connectivity index (χ1v) is 12.5. The molecule has 32 heavy (non-hydrogen) atoms. The van der Waals surface area contributed by atoms with E-state index in [0.29, 0.717) is 29.8 Å². The molecule has 6 heteroatoms. The topological polar surface area (TPSA) is 71.5 Å². The first-order valence-electron chi connectivity index (χ1n) is 12.5. The molecule has 2 atom stereocenters. The Labute approximate surface area is 193 Å². The lowest BCUT2D eigenvalue weighted by Crippen LogP contribution is -2.53. The lowest BCUT2D eigenvalue weighted by molar-refractivity contribution is -0.127. The Morgan fingerprint density at radius 3 is 2.53 bits per heavy atom. The van der Waals surface area contributed by atoms with Gasteiger partial charge in [-0.3, -0.25) is 4.79 Å². The molecule has 0 bridgehead atoms. The summed E-state index contributed by atoms with van der Waals surface area (Å²) >= 11 is 0. The van der Waals surface area contributed by atoms with Crippen molar-refractivity contribution in [2.45, 2.75) is 78.7 Å². The summed E-state index contributed by atoms with van der Waals surface area (Å²) in [6, 6.07) is 3.82. The Morgan fingerprint density at radius 2 is 1.91 bits per heavy atom. The Kier molecular flexibility index (Phi) is 8.55. The van der Waals surface area contributed by atoms with E-state index in [1.54, 1.807) is 0 Å². The van der Waals surface area contributed by atoms with Gasteiger partial charge in [0, 0.05) is 30.7 Å². The predicted octanol–water partition coefficient (Wildman–Crippen LogP) is 4.61. The maximum atomic E-state index is 13.0. The van der Waals surface area contributed by atoms with Gasteiger partial charge in [0.2, 0.25) is 5.91 Å². The van der Waals surface area contributed by atoms with Crippen LogP contribution in [-0.4, -0.2) is 43.1 Å². The maximum Gasteiger partial charge on any atom is 0.341 e. The van der Waals surface area contributed by atoms with Gasteiger partial charge in [-0.15, -0.1) is 0 Å². The number of amides is 1. The zero-order chi connectivity index (χ0) is 23.3. The minimum Gasteiger partial charge on any atom is -0.465 e. The summed E-state index contributed by atoms with van der Waals surface area (Å²) in [7, 11) is 1.41. The molecule has 2 unspecified atom stereocenters. The molecule has 1 saturated carbocycles. The predicted molar refractivity (Wildman–Crippen MR) is 128 cm³/mol. The van der Waals surface area contributed by atoms with Gasteiger partial charge in [0.25, 0.3) is 0 Å². The average molecular weight is 444 g/mol. The fourth-order valence-electron chi connectivity index (χ4n) is 5.11. The molecular formula is C26H41N3O3.